The lowest BCUT2D eigenvalue weighted by molar-refractivity contribution is 0.556. The molecule has 556 valence electrons. The van der Waals surface area contributed by atoms with Crippen LogP contribution >= 0.6 is 11.8 Å². The van der Waals surface area contributed by atoms with Crippen LogP contribution in [0, 0.1) is 0 Å². The summed E-state index contributed by atoms with van der Waals surface area (Å²) in [4.78, 5) is 7.45. The van der Waals surface area contributed by atoms with Crippen molar-refractivity contribution in [2.45, 2.75) is 39.9 Å². The van der Waals surface area contributed by atoms with Crippen molar-refractivity contribution in [1.82, 2.24) is 9.13 Å². The van der Waals surface area contributed by atoms with E-state index in [0.29, 0.717) is 0 Å². The molecule has 0 bridgehead atoms. The lowest BCUT2D eigenvalue weighted by Crippen LogP contribution is -2.44. The summed E-state index contributed by atoms with van der Waals surface area (Å²) in [5.74, 6) is 0. The molecular weight excluding hydrogens is 1450 g/mol. The molecule has 20 aromatic rings. The molecule has 0 saturated heterocycles. The van der Waals surface area contributed by atoms with Gasteiger partial charge in [-0.2, -0.15) is 0 Å². The van der Waals surface area contributed by atoms with Gasteiger partial charge in [0.25, 0.3) is 0 Å². The molecule has 2 aromatic heterocycles. The van der Waals surface area contributed by atoms with E-state index in [1.54, 1.807) is 0 Å². The van der Waals surface area contributed by atoms with Crippen LogP contribution in [0.15, 0.2) is 447 Å². The van der Waals surface area contributed by atoms with Crippen molar-refractivity contribution in [2.24, 2.45) is 0 Å². The molecule has 4 aliphatic rings. The van der Waals surface area contributed by atoms with Crippen molar-refractivity contribution in [3.63, 3.8) is 0 Å². The fraction of sp³-hybridized carbons (Fsp3) is 0.0442. The van der Waals surface area contributed by atoms with Crippen molar-refractivity contribution in [1.29, 1.82) is 0 Å². The zero-order valence-electron chi connectivity index (χ0n) is 65.3. The Hall–Kier alpha value is -14.5. The largest absolute Gasteiger partial charge is 0.310 e. The number of rotatable bonds is 10. The standard InChI is InChI=1S/C58H42N2.C55H36N2S/c1-57(2)47-25-11-12-26-48(47)58(50-27-13-16-31-55(50)60-54-30-15-10-23-45(54)46-24-17-28-51(58)56(46)60)49-37-36-43(38-52(49)57)59(42-34-32-40(33-35-42)39-18-5-3-6-19-39)53-29-14-9-22-44(53)41-20-7-4-8-21-41;1-3-16-37(17-4-1)38-30-32-40(33-31-38)56(49-26-11-7-20-42(49)39-18-5-2-6-19-39)41-34-35-47-53(36-41)58-52-29-14-10-24-46(52)55(47)45-23-9-13-28-51(45)57-50-27-12-8-21-43(50)44-22-15-25-48(55)54(44)57/h3-38H,1-2H3;1-36H. The first-order valence-electron chi connectivity index (χ1n) is 41.0. The third kappa shape index (κ3) is 10.3. The first-order valence-corrected chi connectivity index (χ1v) is 41.8. The molecule has 4 nitrogen and oxygen atoms in total. The Kier molecular flexibility index (Phi) is 16.0. The Morgan fingerprint density at radius 2 is 0.559 bits per heavy atom. The molecule has 1 aliphatic carbocycles. The maximum absolute atomic E-state index is 2.53. The molecule has 2 unspecified atom stereocenters. The van der Waals surface area contributed by atoms with E-state index in [-0.39, 0.29) is 5.41 Å². The van der Waals surface area contributed by atoms with Crippen LogP contribution in [0.1, 0.15) is 69.5 Å². The molecule has 0 N–H and O–H groups in total. The second kappa shape index (κ2) is 27.4. The summed E-state index contributed by atoms with van der Waals surface area (Å²) >= 11 is 1.89. The zero-order chi connectivity index (χ0) is 78.2. The smallest absolute Gasteiger partial charge is 0.0764 e. The van der Waals surface area contributed by atoms with Crippen LogP contribution < -0.4 is 9.80 Å². The van der Waals surface area contributed by atoms with Crippen LogP contribution in [0.3, 0.4) is 0 Å². The van der Waals surface area contributed by atoms with Gasteiger partial charge in [0.05, 0.1) is 55.6 Å². The van der Waals surface area contributed by atoms with Crippen LogP contribution in [-0.4, -0.2) is 9.13 Å². The molecule has 18 aromatic carbocycles. The highest BCUT2D eigenvalue weighted by Crippen LogP contribution is 2.64. The van der Waals surface area contributed by atoms with Gasteiger partial charge >= 0.3 is 0 Å². The van der Waals surface area contributed by atoms with Gasteiger partial charge in [-0.1, -0.05) is 371 Å². The molecular formula is C113H78N4S. The SMILES string of the molecule is CC1(C)c2ccccc2C2(c3ccccc3-n3c4ccccc4c4cccc2c43)c2ccc(N(c3ccc(-c4ccccc4)cc3)c3ccccc3-c3ccccc3)cc21.c1ccc(-c2ccc(N(c3ccc4c(c3)Sc3ccccc3C43c4ccccc4-n4c5ccccc5c5cccc3c54)c3ccccc3-c3ccccc3)cc2)cc1. The number of nitrogens with zero attached hydrogens (tertiary/aromatic N) is 4. The van der Waals surface area contributed by atoms with Gasteiger partial charge in [-0.3, -0.25) is 0 Å². The van der Waals surface area contributed by atoms with E-state index in [2.05, 4.69) is 470 Å². The van der Waals surface area contributed by atoms with Crippen LogP contribution in [0.4, 0.5) is 34.1 Å². The summed E-state index contributed by atoms with van der Waals surface area (Å²) in [6.07, 6.45) is 0. The Morgan fingerprint density at radius 3 is 1.07 bits per heavy atom. The molecule has 24 rings (SSSR count). The average molecular weight is 1520 g/mol. The lowest BCUT2D eigenvalue weighted by Gasteiger charge is -2.50. The van der Waals surface area contributed by atoms with E-state index in [9.17, 15) is 0 Å². The molecule has 0 fully saturated rings. The minimum atomic E-state index is -0.551. The normalized spacial score (nSPS) is 15.3. The number of aromatic nitrogens is 2. The minimum Gasteiger partial charge on any atom is -0.310 e. The van der Waals surface area contributed by atoms with E-state index in [4.69, 9.17) is 0 Å². The fourth-order valence-electron chi connectivity index (χ4n) is 20.7. The quantitative estimate of drug-likeness (QED) is 0.136. The van der Waals surface area contributed by atoms with Crippen molar-refractivity contribution < 1.29 is 0 Å². The van der Waals surface area contributed by atoms with Gasteiger partial charge in [0.15, 0.2) is 0 Å². The summed E-state index contributed by atoms with van der Waals surface area (Å²) in [5, 5.41) is 5.15. The van der Waals surface area contributed by atoms with Gasteiger partial charge in [-0.25, -0.2) is 0 Å². The van der Waals surface area contributed by atoms with Crippen LogP contribution in [-0.2, 0) is 16.2 Å². The van der Waals surface area contributed by atoms with E-state index in [0.717, 1.165) is 34.1 Å². The van der Waals surface area contributed by atoms with Gasteiger partial charge in [0.2, 0.25) is 0 Å². The van der Waals surface area contributed by atoms with Crippen molar-refractivity contribution in [3.8, 4) is 55.9 Å². The van der Waals surface area contributed by atoms with Crippen molar-refractivity contribution in [3.05, 3.63) is 492 Å². The Bertz CT molecular complexity index is 7370. The Labute approximate surface area is 691 Å². The summed E-state index contributed by atoms with van der Waals surface area (Å²) < 4.78 is 5.04. The van der Waals surface area contributed by atoms with E-state index in [1.807, 2.05) is 11.8 Å². The van der Waals surface area contributed by atoms with Gasteiger partial charge in [-0.05, 0) is 180 Å². The molecule has 0 radical (unpaired) electrons. The van der Waals surface area contributed by atoms with Crippen molar-refractivity contribution in [2.75, 3.05) is 9.80 Å². The number of fused-ring (bicyclic) bond motifs is 22. The predicted molar refractivity (Wildman–Crippen MR) is 493 cm³/mol. The number of para-hydroxylation sites is 8. The van der Waals surface area contributed by atoms with E-state index in [1.165, 1.54) is 165 Å². The zero-order valence-corrected chi connectivity index (χ0v) is 66.1. The fourth-order valence-corrected chi connectivity index (χ4v) is 21.9. The first kappa shape index (κ1) is 69.0. The summed E-state index contributed by atoms with van der Waals surface area (Å²) in [6.45, 7) is 4.84. The third-order valence-electron chi connectivity index (χ3n) is 25.7. The highest BCUT2D eigenvalue weighted by atomic mass is 32.2. The van der Waals surface area contributed by atoms with Gasteiger partial charge < -0.3 is 18.9 Å². The van der Waals surface area contributed by atoms with Crippen molar-refractivity contribution >= 4 is 89.5 Å². The van der Waals surface area contributed by atoms with Crippen LogP contribution in [0.25, 0.3) is 99.5 Å². The lowest BCUT2D eigenvalue weighted by atomic mass is 9.53. The molecule has 118 heavy (non-hydrogen) atoms. The molecule has 2 atom stereocenters. The maximum Gasteiger partial charge on any atom is 0.0764 e. The van der Waals surface area contributed by atoms with Gasteiger partial charge in [0.1, 0.15) is 0 Å². The Morgan fingerprint density at radius 1 is 0.220 bits per heavy atom. The monoisotopic (exact) mass is 1520 g/mol. The topological polar surface area (TPSA) is 16.3 Å². The first-order chi connectivity index (χ1) is 58.3. The summed E-state index contributed by atoms with van der Waals surface area (Å²) in [6, 6.07) is 161. The summed E-state index contributed by atoms with van der Waals surface area (Å²) in [5.41, 5.74) is 35.7. The average Bonchev–Trinajstić information content (AvgIpc) is 1.34. The number of hydrogen-bond donors (Lipinski definition) is 0. The molecule has 3 aliphatic heterocycles. The molecule has 0 saturated carbocycles. The van der Waals surface area contributed by atoms with Crippen LogP contribution in [0.5, 0.6) is 0 Å². The Balaban J connectivity index is 0.000000138. The number of anilines is 6. The van der Waals surface area contributed by atoms with E-state index < -0.39 is 10.8 Å². The minimum absolute atomic E-state index is 0.304. The highest BCUT2D eigenvalue weighted by molar-refractivity contribution is 7.99. The van der Waals surface area contributed by atoms with Crippen LogP contribution in [0.2, 0.25) is 0 Å². The second-order valence-electron chi connectivity index (χ2n) is 32.1. The third-order valence-corrected chi connectivity index (χ3v) is 26.8. The molecule has 2 spiro atoms. The maximum atomic E-state index is 2.53. The van der Waals surface area contributed by atoms with E-state index >= 15 is 0 Å². The molecule has 5 heteroatoms. The molecule has 5 heterocycles. The number of benzene rings is 18. The highest BCUT2D eigenvalue weighted by Gasteiger charge is 2.54. The number of hydrogen-bond acceptors (Lipinski definition) is 3. The van der Waals surface area contributed by atoms with Gasteiger partial charge in [0, 0.05) is 70.6 Å². The van der Waals surface area contributed by atoms with Gasteiger partial charge in [-0.15, -0.1) is 0 Å². The molecule has 0 amide bonds. The summed E-state index contributed by atoms with van der Waals surface area (Å²) in [7, 11) is 0. The second-order valence-corrected chi connectivity index (χ2v) is 33.2. The predicted octanol–water partition coefficient (Wildman–Crippen LogP) is 29.7.